The van der Waals surface area contributed by atoms with Crippen LogP contribution in [0.4, 0.5) is 4.39 Å². The average molecular weight is 324 g/mol. The highest BCUT2D eigenvalue weighted by atomic mass is 28.3. The van der Waals surface area contributed by atoms with E-state index in [2.05, 4.69) is 24.6 Å². The van der Waals surface area contributed by atoms with E-state index in [1.165, 1.54) is 6.07 Å². The largest absolute Gasteiger partial charge is 0.361 e. The molecule has 1 fully saturated rings. The first-order chi connectivity index (χ1) is 10.3. The number of carbonyl (C=O) groups is 1. The van der Waals surface area contributed by atoms with Gasteiger partial charge >= 0.3 is 0 Å². The van der Waals surface area contributed by atoms with Crippen molar-refractivity contribution in [3.05, 3.63) is 29.8 Å². The van der Waals surface area contributed by atoms with Gasteiger partial charge in [-0.1, -0.05) is 25.7 Å². The maximum absolute atomic E-state index is 13.2. The van der Waals surface area contributed by atoms with Crippen LogP contribution in [-0.4, -0.2) is 43.7 Å². The van der Waals surface area contributed by atoms with Crippen LogP contribution >= 0.6 is 0 Å². The molecule has 1 saturated heterocycles. The fourth-order valence-electron chi connectivity index (χ4n) is 2.49. The fraction of sp³-hybridized carbons (Fsp3) is 0.625. The van der Waals surface area contributed by atoms with Gasteiger partial charge in [0.1, 0.15) is 6.73 Å². The molecule has 1 atom stereocenters. The molecule has 122 valence electrons. The van der Waals surface area contributed by atoms with E-state index in [1.54, 1.807) is 11.0 Å². The zero-order valence-corrected chi connectivity index (χ0v) is 14.6. The predicted molar refractivity (Wildman–Crippen MR) is 86.9 cm³/mol. The third-order valence-corrected chi connectivity index (χ3v) is 5.60. The van der Waals surface area contributed by atoms with Crippen molar-refractivity contribution >= 4 is 14.0 Å². The second kappa shape index (κ2) is 7.33. The van der Waals surface area contributed by atoms with E-state index < -0.39 is 14.0 Å². The number of aromatic nitrogens is 1. The van der Waals surface area contributed by atoms with Gasteiger partial charge in [0, 0.05) is 39.3 Å². The van der Waals surface area contributed by atoms with Crippen LogP contribution in [0, 0.1) is 5.95 Å². The maximum atomic E-state index is 13.2. The van der Waals surface area contributed by atoms with Gasteiger partial charge in [-0.25, -0.2) is 4.98 Å². The molecule has 22 heavy (non-hydrogen) atoms. The number of pyridine rings is 1. The maximum Gasteiger partial charge on any atom is 0.224 e. The molecule has 1 aliphatic rings. The van der Waals surface area contributed by atoms with Crippen LogP contribution in [0.15, 0.2) is 18.2 Å². The molecule has 4 nitrogen and oxygen atoms in total. The molecule has 2 heterocycles. The van der Waals surface area contributed by atoms with Crippen LogP contribution in [0.5, 0.6) is 0 Å². The van der Waals surface area contributed by atoms with Gasteiger partial charge in [0.25, 0.3) is 0 Å². The van der Waals surface area contributed by atoms with E-state index in [0.717, 1.165) is 18.2 Å². The highest BCUT2D eigenvalue weighted by molar-refractivity contribution is 6.76. The Hall–Kier alpha value is -1.27. The van der Waals surface area contributed by atoms with E-state index in [-0.39, 0.29) is 11.8 Å². The van der Waals surface area contributed by atoms with Crippen molar-refractivity contribution in [1.82, 2.24) is 9.88 Å². The van der Waals surface area contributed by atoms with Gasteiger partial charge in [-0.2, -0.15) is 4.39 Å². The summed E-state index contributed by atoms with van der Waals surface area (Å²) in [4.78, 5) is 17.7. The summed E-state index contributed by atoms with van der Waals surface area (Å²) < 4.78 is 18.9. The number of hydrogen-bond acceptors (Lipinski definition) is 3. The van der Waals surface area contributed by atoms with Crippen molar-refractivity contribution in [3.63, 3.8) is 0 Å². The van der Waals surface area contributed by atoms with Gasteiger partial charge in [-0.15, -0.1) is 0 Å². The standard InChI is InChI=1S/C16H25FN2O2Si/c1-22(2,3)10-9-21-12-19-11-13(7-8-16(19)20)14-5-4-6-15(17)18-14/h4-6,13H,7-12H2,1-3H3. The Kier molecular flexibility index (Phi) is 5.69. The molecule has 6 heteroatoms. The number of piperidine rings is 1. The van der Waals surface area contributed by atoms with Gasteiger partial charge in [0.05, 0.1) is 0 Å². The first-order valence-electron chi connectivity index (χ1n) is 7.83. The Labute approximate surface area is 132 Å². The van der Waals surface area contributed by atoms with Crippen molar-refractivity contribution < 1.29 is 13.9 Å². The SMILES string of the molecule is C[Si](C)(C)CCOCN1CC(c2cccc(F)n2)CCC1=O. The van der Waals surface area contributed by atoms with E-state index in [4.69, 9.17) is 4.74 Å². The lowest BCUT2D eigenvalue weighted by atomic mass is 9.94. The van der Waals surface area contributed by atoms with E-state index >= 15 is 0 Å². The van der Waals surface area contributed by atoms with Gasteiger partial charge in [0.15, 0.2) is 0 Å². The Balaban J connectivity index is 1.87. The number of ether oxygens (including phenoxy) is 1. The minimum absolute atomic E-state index is 0.0917. The topological polar surface area (TPSA) is 42.4 Å². The molecule has 1 aliphatic heterocycles. The Bertz CT molecular complexity index is 519. The normalized spacial score (nSPS) is 19.5. The molecule has 0 aliphatic carbocycles. The van der Waals surface area contributed by atoms with Crippen molar-refractivity contribution in [1.29, 1.82) is 0 Å². The Morgan fingerprint density at radius 1 is 1.41 bits per heavy atom. The number of amides is 1. The van der Waals surface area contributed by atoms with Crippen LogP contribution in [-0.2, 0) is 9.53 Å². The minimum atomic E-state index is -1.11. The zero-order chi connectivity index (χ0) is 16.2. The summed E-state index contributed by atoms with van der Waals surface area (Å²) in [6.45, 7) is 8.48. The van der Waals surface area contributed by atoms with Crippen molar-refractivity contribution in [2.75, 3.05) is 19.9 Å². The van der Waals surface area contributed by atoms with Crippen molar-refractivity contribution in [3.8, 4) is 0 Å². The molecular formula is C16H25FN2O2Si. The molecule has 0 N–H and O–H groups in total. The first kappa shape index (κ1) is 17.1. The smallest absolute Gasteiger partial charge is 0.224 e. The number of nitrogens with zero attached hydrogens (tertiary/aromatic N) is 2. The van der Waals surface area contributed by atoms with E-state index in [1.807, 2.05) is 6.07 Å². The van der Waals surface area contributed by atoms with Crippen molar-refractivity contribution in [2.24, 2.45) is 0 Å². The summed E-state index contributed by atoms with van der Waals surface area (Å²) in [5, 5.41) is 0. The molecular weight excluding hydrogens is 299 g/mol. The van der Waals surface area contributed by atoms with Crippen LogP contribution in [0.1, 0.15) is 24.5 Å². The van der Waals surface area contributed by atoms with Gasteiger partial charge in [-0.05, 0) is 24.6 Å². The molecule has 1 unspecified atom stereocenters. The first-order valence-corrected chi connectivity index (χ1v) is 11.5. The van der Waals surface area contributed by atoms with Gasteiger partial charge in [-0.3, -0.25) is 4.79 Å². The summed E-state index contributed by atoms with van der Waals surface area (Å²) in [5.74, 6) is -0.262. The lowest BCUT2D eigenvalue weighted by Gasteiger charge is -2.32. The van der Waals surface area contributed by atoms with Crippen molar-refractivity contribution in [2.45, 2.75) is 44.4 Å². The Morgan fingerprint density at radius 3 is 2.86 bits per heavy atom. The van der Waals surface area contributed by atoms with Crippen LogP contribution < -0.4 is 0 Å². The second-order valence-electron chi connectivity index (χ2n) is 7.08. The summed E-state index contributed by atoms with van der Waals surface area (Å²) >= 11 is 0. The number of hydrogen-bond donors (Lipinski definition) is 0. The van der Waals surface area contributed by atoms with Gasteiger partial charge in [0.2, 0.25) is 11.9 Å². The molecule has 0 bridgehead atoms. The molecule has 0 radical (unpaired) electrons. The molecule has 0 aromatic carbocycles. The third-order valence-electron chi connectivity index (χ3n) is 3.90. The molecule has 2 rings (SSSR count). The number of likely N-dealkylation sites (tertiary alicyclic amines) is 1. The second-order valence-corrected chi connectivity index (χ2v) is 12.7. The van der Waals surface area contributed by atoms with Crippen LogP contribution in [0.25, 0.3) is 0 Å². The highest BCUT2D eigenvalue weighted by Gasteiger charge is 2.27. The summed E-state index contributed by atoms with van der Waals surface area (Å²) in [7, 11) is -1.11. The number of carbonyl (C=O) groups excluding carboxylic acids is 1. The van der Waals surface area contributed by atoms with E-state index in [0.29, 0.717) is 26.3 Å². The van der Waals surface area contributed by atoms with Gasteiger partial charge < -0.3 is 9.64 Å². The number of halogens is 1. The zero-order valence-electron chi connectivity index (χ0n) is 13.6. The molecule has 1 amide bonds. The minimum Gasteiger partial charge on any atom is -0.361 e. The quantitative estimate of drug-likeness (QED) is 0.458. The summed E-state index contributed by atoms with van der Waals surface area (Å²) in [6, 6.07) is 5.93. The predicted octanol–water partition coefficient (Wildman–Crippen LogP) is 3.24. The fourth-order valence-corrected chi connectivity index (χ4v) is 3.24. The lowest BCUT2D eigenvalue weighted by molar-refractivity contribution is -0.139. The van der Waals surface area contributed by atoms with Crippen LogP contribution in [0.2, 0.25) is 25.7 Å². The molecule has 0 saturated carbocycles. The third kappa shape index (κ3) is 5.17. The van der Waals surface area contributed by atoms with E-state index in [9.17, 15) is 9.18 Å². The molecule has 1 aromatic rings. The monoisotopic (exact) mass is 324 g/mol. The Morgan fingerprint density at radius 2 is 2.18 bits per heavy atom. The summed E-state index contributed by atoms with van der Waals surface area (Å²) in [6.07, 6.45) is 1.20. The molecule has 0 spiro atoms. The molecule has 1 aromatic heterocycles. The number of rotatable bonds is 6. The lowest BCUT2D eigenvalue weighted by Crippen LogP contribution is -2.41. The summed E-state index contributed by atoms with van der Waals surface area (Å²) in [5.41, 5.74) is 0.722. The average Bonchev–Trinajstić information content (AvgIpc) is 2.44. The van der Waals surface area contributed by atoms with Crippen LogP contribution in [0.3, 0.4) is 0 Å². The highest BCUT2D eigenvalue weighted by Crippen LogP contribution is 2.26.